The van der Waals surface area contributed by atoms with Gasteiger partial charge < -0.3 is 5.32 Å². The van der Waals surface area contributed by atoms with Gasteiger partial charge in [-0.25, -0.2) is 13.1 Å². The zero-order valence-corrected chi connectivity index (χ0v) is 18.9. The van der Waals surface area contributed by atoms with Crippen molar-refractivity contribution in [1.29, 1.82) is 0 Å². The van der Waals surface area contributed by atoms with Crippen LogP contribution in [-0.4, -0.2) is 41.1 Å². The van der Waals surface area contributed by atoms with Gasteiger partial charge in [-0.1, -0.05) is 24.3 Å². The second kappa shape index (κ2) is 9.21. The highest BCUT2D eigenvalue weighted by Gasteiger charge is 2.26. The number of carbonyl (C=O) groups excluding carboxylic acids is 1. The fourth-order valence-electron chi connectivity index (χ4n) is 3.40. The van der Waals surface area contributed by atoms with Gasteiger partial charge in [0, 0.05) is 17.8 Å². The molecule has 0 aliphatic carbocycles. The third-order valence-corrected chi connectivity index (χ3v) is 7.13. The van der Waals surface area contributed by atoms with Crippen LogP contribution in [0.15, 0.2) is 84.0 Å². The number of benzene rings is 3. The molecule has 1 N–H and O–H groups in total. The lowest BCUT2D eigenvalue weighted by Crippen LogP contribution is -2.31. The number of amides is 1. The highest BCUT2D eigenvalue weighted by molar-refractivity contribution is 7.92. The van der Waals surface area contributed by atoms with Crippen LogP contribution < -0.4 is 9.62 Å². The van der Waals surface area contributed by atoms with E-state index in [0.29, 0.717) is 16.9 Å². The molecule has 3 aromatic carbocycles. The van der Waals surface area contributed by atoms with Gasteiger partial charge >= 0.3 is 0 Å². The van der Waals surface area contributed by atoms with E-state index in [1.807, 2.05) is 6.07 Å². The van der Waals surface area contributed by atoms with Crippen molar-refractivity contribution >= 4 is 27.3 Å². The van der Waals surface area contributed by atoms with Crippen molar-refractivity contribution in [1.82, 2.24) is 20.2 Å². The van der Waals surface area contributed by atoms with Gasteiger partial charge in [-0.15, -0.1) is 5.10 Å². The van der Waals surface area contributed by atoms with Crippen LogP contribution in [0.1, 0.15) is 22.8 Å². The second-order valence-electron chi connectivity index (χ2n) is 7.24. The van der Waals surface area contributed by atoms with E-state index >= 15 is 0 Å². The molecular formula is C23H22N6O3S. The predicted molar refractivity (Wildman–Crippen MR) is 125 cm³/mol. The summed E-state index contributed by atoms with van der Waals surface area (Å²) in [5.74, 6) is -0.413. The zero-order valence-electron chi connectivity index (χ0n) is 18.1. The van der Waals surface area contributed by atoms with Crippen LogP contribution in [0.3, 0.4) is 0 Å². The zero-order chi connectivity index (χ0) is 23.4. The number of carbonyl (C=O) groups is 1. The summed E-state index contributed by atoms with van der Waals surface area (Å²) in [4.78, 5) is 13.0. The third-order valence-electron chi connectivity index (χ3n) is 5.09. The smallest absolute Gasteiger partial charge is 0.264 e. The van der Waals surface area contributed by atoms with E-state index in [0.717, 1.165) is 5.69 Å². The van der Waals surface area contributed by atoms with Crippen molar-refractivity contribution in [2.24, 2.45) is 0 Å². The van der Waals surface area contributed by atoms with E-state index in [-0.39, 0.29) is 17.0 Å². The molecule has 0 aliphatic heterocycles. The Kier molecular flexibility index (Phi) is 6.18. The highest BCUT2D eigenvalue weighted by atomic mass is 32.2. The first-order valence-electron chi connectivity index (χ1n) is 10.2. The summed E-state index contributed by atoms with van der Waals surface area (Å²) in [6.45, 7) is 3.75. The van der Waals surface area contributed by atoms with Crippen molar-refractivity contribution in [2.45, 2.75) is 18.7 Å². The average Bonchev–Trinajstić information content (AvgIpc) is 3.36. The molecule has 0 aliphatic rings. The number of aromatic nitrogens is 4. The minimum absolute atomic E-state index is 0.0925. The number of hydrogen-bond acceptors (Lipinski definition) is 6. The first-order valence-corrected chi connectivity index (χ1v) is 11.7. The van der Waals surface area contributed by atoms with Crippen molar-refractivity contribution in [3.05, 3.63) is 90.3 Å². The van der Waals surface area contributed by atoms with Crippen molar-refractivity contribution in [3.8, 4) is 5.69 Å². The average molecular weight is 463 g/mol. The van der Waals surface area contributed by atoms with Crippen LogP contribution >= 0.6 is 0 Å². The Bertz CT molecular complexity index is 1360. The van der Waals surface area contributed by atoms with Gasteiger partial charge in [0.15, 0.2) is 0 Å². The first kappa shape index (κ1) is 22.2. The molecule has 0 saturated heterocycles. The van der Waals surface area contributed by atoms with Gasteiger partial charge in [-0.3, -0.25) is 9.10 Å². The maximum atomic E-state index is 13.4. The Morgan fingerprint density at radius 2 is 1.76 bits per heavy atom. The van der Waals surface area contributed by atoms with E-state index in [2.05, 4.69) is 20.8 Å². The standard InChI is InChI=1S/C23H22N6O3S/c1-3-29(21-7-5-4-6-8-21)33(31,32)22-15-18(10-9-17(22)2)23(30)25-19-11-13-20(14-12-19)28-16-24-26-27-28/h4-16H,3H2,1-2H3,(H,25,30). The normalized spacial score (nSPS) is 11.2. The van der Waals surface area contributed by atoms with E-state index in [9.17, 15) is 13.2 Å². The quantitative estimate of drug-likeness (QED) is 0.451. The van der Waals surface area contributed by atoms with Crippen molar-refractivity contribution < 1.29 is 13.2 Å². The van der Waals surface area contributed by atoms with E-state index in [1.165, 1.54) is 21.4 Å². The lowest BCUT2D eigenvalue weighted by atomic mass is 10.1. The van der Waals surface area contributed by atoms with Gasteiger partial charge in [0.1, 0.15) is 6.33 Å². The molecule has 168 valence electrons. The Hall–Kier alpha value is -4.05. The maximum Gasteiger partial charge on any atom is 0.264 e. The minimum Gasteiger partial charge on any atom is -0.322 e. The summed E-state index contributed by atoms with van der Waals surface area (Å²) in [6, 6.07) is 20.5. The van der Waals surface area contributed by atoms with E-state index in [1.54, 1.807) is 74.5 Å². The summed E-state index contributed by atoms with van der Waals surface area (Å²) < 4.78 is 29.7. The number of para-hydroxylation sites is 1. The Balaban J connectivity index is 1.59. The van der Waals surface area contributed by atoms with Crippen LogP contribution in [0.2, 0.25) is 0 Å². The molecule has 4 rings (SSSR count). The van der Waals surface area contributed by atoms with Gasteiger partial charge in [0.25, 0.3) is 15.9 Å². The Morgan fingerprint density at radius 3 is 2.39 bits per heavy atom. The fourth-order valence-corrected chi connectivity index (χ4v) is 5.13. The van der Waals surface area contributed by atoms with Gasteiger partial charge in [0.2, 0.25) is 0 Å². The van der Waals surface area contributed by atoms with Crippen molar-refractivity contribution in [3.63, 3.8) is 0 Å². The molecule has 0 saturated carbocycles. The summed E-state index contributed by atoms with van der Waals surface area (Å²) in [6.07, 6.45) is 1.47. The molecular weight excluding hydrogens is 440 g/mol. The number of aryl methyl sites for hydroxylation is 1. The Morgan fingerprint density at radius 1 is 1.03 bits per heavy atom. The predicted octanol–water partition coefficient (Wildman–Crippen LogP) is 3.44. The third kappa shape index (κ3) is 4.60. The van der Waals surface area contributed by atoms with Crippen LogP contribution in [0, 0.1) is 6.92 Å². The van der Waals surface area contributed by atoms with E-state index in [4.69, 9.17) is 0 Å². The number of nitrogens with one attached hydrogen (secondary N) is 1. The maximum absolute atomic E-state index is 13.4. The molecule has 1 heterocycles. The molecule has 4 aromatic rings. The number of anilines is 2. The summed E-state index contributed by atoms with van der Waals surface area (Å²) in [5, 5.41) is 13.8. The van der Waals surface area contributed by atoms with E-state index < -0.39 is 15.9 Å². The number of tetrazole rings is 1. The van der Waals surface area contributed by atoms with Gasteiger partial charge in [-0.05, 0) is 78.4 Å². The number of rotatable bonds is 7. The first-order chi connectivity index (χ1) is 15.9. The minimum atomic E-state index is -3.86. The molecule has 0 bridgehead atoms. The fraction of sp³-hybridized carbons (Fsp3) is 0.130. The number of nitrogens with zero attached hydrogens (tertiary/aromatic N) is 5. The largest absolute Gasteiger partial charge is 0.322 e. The van der Waals surface area contributed by atoms with Crippen molar-refractivity contribution in [2.75, 3.05) is 16.2 Å². The van der Waals surface area contributed by atoms with Crippen LogP contribution in [0.25, 0.3) is 5.69 Å². The summed E-state index contributed by atoms with van der Waals surface area (Å²) in [5.41, 5.74) is 2.67. The molecule has 0 radical (unpaired) electrons. The molecule has 1 amide bonds. The molecule has 0 atom stereocenters. The van der Waals surface area contributed by atoms with Crippen LogP contribution in [0.4, 0.5) is 11.4 Å². The molecule has 0 spiro atoms. The lowest BCUT2D eigenvalue weighted by molar-refractivity contribution is 0.102. The lowest BCUT2D eigenvalue weighted by Gasteiger charge is -2.24. The SMILES string of the molecule is CCN(c1ccccc1)S(=O)(=O)c1cc(C(=O)Nc2ccc(-n3cnnn3)cc2)ccc1C. The molecule has 33 heavy (non-hydrogen) atoms. The molecule has 10 heteroatoms. The molecule has 9 nitrogen and oxygen atoms in total. The second-order valence-corrected chi connectivity index (χ2v) is 9.07. The monoisotopic (exact) mass is 462 g/mol. The highest BCUT2D eigenvalue weighted by Crippen LogP contribution is 2.26. The van der Waals surface area contributed by atoms with Gasteiger partial charge in [0.05, 0.1) is 16.3 Å². The molecule has 0 fully saturated rings. The van der Waals surface area contributed by atoms with Crippen LogP contribution in [-0.2, 0) is 10.0 Å². The topological polar surface area (TPSA) is 110 Å². The summed E-state index contributed by atoms with van der Waals surface area (Å²) in [7, 11) is -3.86. The molecule has 1 aromatic heterocycles. The van der Waals surface area contributed by atoms with Crippen LogP contribution in [0.5, 0.6) is 0 Å². The Labute approximate surface area is 191 Å². The number of sulfonamides is 1. The molecule has 0 unspecified atom stereocenters. The van der Waals surface area contributed by atoms with Gasteiger partial charge in [-0.2, -0.15) is 0 Å². The summed E-state index contributed by atoms with van der Waals surface area (Å²) >= 11 is 0. The number of hydrogen-bond donors (Lipinski definition) is 1.